The minimum Gasteiger partial charge on any atom is -0.462 e. The molecule has 0 saturated heterocycles. The van der Waals surface area contributed by atoms with Gasteiger partial charge in [-0.1, -0.05) is 6.92 Å². The molecule has 0 bridgehead atoms. The summed E-state index contributed by atoms with van der Waals surface area (Å²) in [6, 6.07) is 4.54. The number of carbonyl (C=O) groups is 2. The molecule has 1 heterocycles. The number of H-pyrrole nitrogens is 1. The molecule has 0 radical (unpaired) electrons. The monoisotopic (exact) mass is 470 g/mol. The summed E-state index contributed by atoms with van der Waals surface area (Å²) in [4.78, 5) is 27.3. The quantitative estimate of drug-likeness (QED) is 0.389. The number of ether oxygens (including phenoxy) is 2. The molecule has 2 N–H and O–H groups in total. The van der Waals surface area contributed by atoms with E-state index in [9.17, 15) is 18.4 Å². The van der Waals surface area contributed by atoms with E-state index in [2.05, 4.69) is 22.0 Å². The van der Waals surface area contributed by atoms with Gasteiger partial charge in [0.15, 0.2) is 0 Å². The van der Waals surface area contributed by atoms with Crippen LogP contribution in [0.4, 0.5) is 8.78 Å². The van der Waals surface area contributed by atoms with Crippen molar-refractivity contribution in [3.8, 4) is 5.75 Å². The van der Waals surface area contributed by atoms with E-state index in [1.54, 1.807) is 6.07 Å². The molecule has 2 aromatic rings. The van der Waals surface area contributed by atoms with Gasteiger partial charge < -0.3 is 19.8 Å². The van der Waals surface area contributed by atoms with Gasteiger partial charge in [0.2, 0.25) is 5.91 Å². The van der Waals surface area contributed by atoms with Crippen LogP contribution in [0.5, 0.6) is 5.75 Å². The standard InChI is InChI=1S/C23H29ClF2N2O4/c1-14-3-5-16(6-4-14)31-22(30)10-9-21(29)27-12-11-18-15(2)28-20-8-7-17(13-19(18)20)32-23(24,25)26/h7-8,13-14,16,28H,3-6,9-12H2,1-2H3,(H,27,29). The fraction of sp³-hybridized carbons (Fsp3) is 0.565. The van der Waals surface area contributed by atoms with Crippen molar-refractivity contribution in [1.82, 2.24) is 10.3 Å². The minimum atomic E-state index is -3.79. The summed E-state index contributed by atoms with van der Waals surface area (Å²) in [5.74, 6) is 0.0583. The van der Waals surface area contributed by atoms with Crippen LogP contribution in [0.15, 0.2) is 18.2 Å². The van der Waals surface area contributed by atoms with Gasteiger partial charge in [0, 0.05) is 41.2 Å². The van der Waals surface area contributed by atoms with Crippen molar-refractivity contribution >= 4 is 34.4 Å². The molecule has 1 aliphatic carbocycles. The number of fused-ring (bicyclic) bond motifs is 1. The van der Waals surface area contributed by atoms with E-state index >= 15 is 0 Å². The van der Waals surface area contributed by atoms with E-state index in [1.807, 2.05) is 6.92 Å². The maximum Gasteiger partial charge on any atom is 0.487 e. The van der Waals surface area contributed by atoms with Crippen molar-refractivity contribution in [2.75, 3.05) is 6.54 Å². The third-order valence-corrected chi connectivity index (χ3v) is 5.92. The van der Waals surface area contributed by atoms with E-state index in [0.717, 1.165) is 47.8 Å². The lowest BCUT2D eigenvalue weighted by Gasteiger charge is -2.25. The number of amides is 1. The van der Waals surface area contributed by atoms with Gasteiger partial charge in [0.1, 0.15) is 11.9 Å². The maximum atomic E-state index is 12.9. The zero-order chi connectivity index (χ0) is 23.3. The van der Waals surface area contributed by atoms with Crippen LogP contribution < -0.4 is 10.1 Å². The largest absolute Gasteiger partial charge is 0.487 e. The molecule has 1 aromatic carbocycles. The molecule has 176 valence electrons. The minimum absolute atomic E-state index is 0.0285. The van der Waals surface area contributed by atoms with E-state index in [-0.39, 0.29) is 36.6 Å². The highest BCUT2D eigenvalue weighted by molar-refractivity contribution is 6.20. The second kappa shape index (κ2) is 10.5. The summed E-state index contributed by atoms with van der Waals surface area (Å²) in [5, 5.41) is 3.52. The summed E-state index contributed by atoms with van der Waals surface area (Å²) in [7, 11) is 0. The number of hydrogen-bond donors (Lipinski definition) is 2. The van der Waals surface area contributed by atoms with Gasteiger partial charge in [0.25, 0.3) is 0 Å². The lowest BCUT2D eigenvalue weighted by molar-refractivity contribution is -0.151. The van der Waals surface area contributed by atoms with Crippen LogP contribution >= 0.6 is 11.6 Å². The fourth-order valence-electron chi connectivity index (χ4n) is 4.10. The van der Waals surface area contributed by atoms with Crippen LogP contribution in [-0.2, 0) is 20.7 Å². The number of aryl methyl sites for hydroxylation is 1. The topological polar surface area (TPSA) is 80.4 Å². The van der Waals surface area contributed by atoms with Crippen LogP contribution in [0, 0.1) is 12.8 Å². The summed E-state index contributed by atoms with van der Waals surface area (Å²) < 4.78 is 35.8. The molecule has 1 aliphatic rings. The van der Waals surface area contributed by atoms with Gasteiger partial charge in [-0.3, -0.25) is 9.59 Å². The fourth-order valence-corrected chi connectivity index (χ4v) is 4.19. The Balaban J connectivity index is 1.46. The Morgan fingerprint density at radius 3 is 2.62 bits per heavy atom. The highest BCUT2D eigenvalue weighted by Crippen LogP contribution is 2.31. The molecular weight excluding hydrogens is 442 g/mol. The SMILES string of the molecule is Cc1[nH]c2ccc(OC(F)(F)Cl)cc2c1CCNC(=O)CCC(=O)OC1CCC(C)CC1. The first-order valence-electron chi connectivity index (χ1n) is 10.9. The van der Waals surface area contributed by atoms with Crippen molar-refractivity contribution < 1.29 is 27.8 Å². The highest BCUT2D eigenvalue weighted by atomic mass is 35.5. The second-order valence-electron chi connectivity index (χ2n) is 8.46. The van der Waals surface area contributed by atoms with Gasteiger partial charge in [-0.05, 0) is 68.7 Å². The Morgan fingerprint density at radius 1 is 1.22 bits per heavy atom. The first kappa shape index (κ1) is 24.3. The summed E-state index contributed by atoms with van der Waals surface area (Å²) in [6.45, 7) is 4.42. The van der Waals surface area contributed by atoms with Crippen LogP contribution in [0.2, 0.25) is 0 Å². The lowest BCUT2D eigenvalue weighted by atomic mass is 9.89. The average molecular weight is 471 g/mol. The zero-order valence-electron chi connectivity index (χ0n) is 18.3. The number of rotatable bonds is 9. The molecule has 0 atom stereocenters. The molecule has 1 amide bonds. The van der Waals surface area contributed by atoms with E-state index in [0.29, 0.717) is 18.9 Å². The first-order valence-corrected chi connectivity index (χ1v) is 11.3. The third kappa shape index (κ3) is 7.08. The van der Waals surface area contributed by atoms with Gasteiger partial charge in [-0.2, -0.15) is 0 Å². The second-order valence-corrected chi connectivity index (χ2v) is 8.90. The normalized spacial score (nSPS) is 19.0. The predicted octanol–water partition coefficient (Wildman–Crippen LogP) is 5.21. The van der Waals surface area contributed by atoms with Crippen LogP contribution in [-0.4, -0.2) is 35.1 Å². The van der Waals surface area contributed by atoms with Gasteiger partial charge in [-0.15, -0.1) is 8.78 Å². The Morgan fingerprint density at radius 2 is 1.94 bits per heavy atom. The maximum absolute atomic E-state index is 12.9. The van der Waals surface area contributed by atoms with Gasteiger partial charge >= 0.3 is 11.5 Å². The molecule has 0 unspecified atom stereocenters. The van der Waals surface area contributed by atoms with Crippen molar-refractivity contribution in [3.05, 3.63) is 29.5 Å². The van der Waals surface area contributed by atoms with Crippen molar-refractivity contribution in [3.63, 3.8) is 0 Å². The number of hydrogen-bond acceptors (Lipinski definition) is 4. The Kier molecular flexibility index (Phi) is 7.98. The van der Waals surface area contributed by atoms with E-state index in [4.69, 9.17) is 16.3 Å². The van der Waals surface area contributed by atoms with Crippen LogP contribution in [0.25, 0.3) is 10.9 Å². The number of carbonyl (C=O) groups excluding carboxylic acids is 2. The van der Waals surface area contributed by atoms with E-state index < -0.39 is 5.57 Å². The number of halogens is 3. The molecule has 9 heteroatoms. The summed E-state index contributed by atoms with van der Waals surface area (Å²) >= 11 is 4.85. The van der Waals surface area contributed by atoms with Crippen molar-refractivity contribution in [1.29, 1.82) is 0 Å². The molecule has 32 heavy (non-hydrogen) atoms. The first-order chi connectivity index (χ1) is 15.1. The Bertz CT molecular complexity index is 949. The number of esters is 1. The molecule has 1 saturated carbocycles. The number of benzene rings is 1. The van der Waals surface area contributed by atoms with Crippen LogP contribution in [0.1, 0.15) is 56.7 Å². The number of alkyl halides is 3. The van der Waals surface area contributed by atoms with Gasteiger partial charge in [0.05, 0.1) is 6.42 Å². The highest BCUT2D eigenvalue weighted by Gasteiger charge is 2.28. The summed E-state index contributed by atoms with van der Waals surface area (Å²) in [5.41, 5.74) is -1.26. The Labute approximate surface area is 191 Å². The zero-order valence-corrected chi connectivity index (χ0v) is 19.1. The van der Waals surface area contributed by atoms with Gasteiger partial charge in [-0.25, -0.2) is 0 Å². The molecule has 0 spiro atoms. The average Bonchev–Trinajstić information content (AvgIpc) is 3.02. The molecular formula is C23H29ClF2N2O4. The van der Waals surface area contributed by atoms with Crippen molar-refractivity contribution in [2.24, 2.45) is 5.92 Å². The summed E-state index contributed by atoms with van der Waals surface area (Å²) in [6.07, 6.45) is 4.48. The number of aromatic amines is 1. The van der Waals surface area contributed by atoms with E-state index in [1.165, 1.54) is 12.1 Å². The molecule has 1 fully saturated rings. The van der Waals surface area contributed by atoms with Crippen molar-refractivity contribution in [2.45, 2.75) is 70.5 Å². The predicted molar refractivity (Wildman–Crippen MR) is 118 cm³/mol. The smallest absolute Gasteiger partial charge is 0.462 e. The van der Waals surface area contributed by atoms with Crippen LogP contribution in [0.3, 0.4) is 0 Å². The molecule has 1 aromatic heterocycles. The lowest BCUT2D eigenvalue weighted by Crippen LogP contribution is -2.27. The molecule has 3 rings (SSSR count). The Hall–Kier alpha value is -2.35. The molecule has 6 nitrogen and oxygen atoms in total. The molecule has 0 aliphatic heterocycles. The number of aromatic nitrogens is 1. The number of nitrogens with one attached hydrogen (secondary N) is 2. The third-order valence-electron chi connectivity index (χ3n) is 5.84.